The molecule has 4 N–H and O–H groups in total. The lowest BCUT2D eigenvalue weighted by Gasteiger charge is -2.16. The van der Waals surface area contributed by atoms with Crippen LogP contribution in [0.4, 0.5) is 17.3 Å². The quantitative estimate of drug-likeness (QED) is 0.0687. The average molecular weight is 767 g/mol. The summed E-state index contributed by atoms with van der Waals surface area (Å²) in [4.78, 5) is 37.9. The molecule has 0 atom stereocenters. The summed E-state index contributed by atoms with van der Waals surface area (Å²) in [5.41, 5.74) is 6.77. The van der Waals surface area contributed by atoms with Crippen molar-refractivity contribution in [2.45, 2.75) is 25.7 Å². The molecule has 8 bridgehead atoms. The third-order valence-electron chi connectivity index (χ3n) is 8.07. The van der Waals surface area contributed by atoms with Crippen LogP contribution in [0.5, 0.6) is 0 Å². The Hall–Kier alpha value is -5.02. The normalized spacial score (nSPS) is 12.6. The van der Waals surface area contributed by atoms with Gasteiger partial charge in [0.25, 0.3) is 0 Å². The van der Waals surface area contributed by atoms with Crippen molar-refractivity contribution < 1.29 is 14.3 Å². The Balaban J connectivity index is 1.26. The molecule has 0 aliphatic carbocycles. The largest absolute Gasteiger partial charge is 0.362 e. The first kappa shape index (κ1) is 37.7. The monoisotopic (exact) mass is 766 g/mol. The lowest BCUT2D eigenvalue weighted by atomic mass is 10.0. The number of nitrogens with one attached hydrogen (secondary N) is 2. The number of hydrazone groups is 2. The van der Waals surface area contributed by atoms with Crippen molar-refractivity contribution >= 4 is 65.6 Å². The number of anilines is 3. The van der Waals surface area contributed by atoms with Crippen LogP contribution in [-0.4, -0.2) is 74.5 Å². The summed E-state index contributed by atoms with van der Waals surface area (Å²) in [7, 11) is 3.68. The van der Waals surface area contributed by atoms with Gasteiger partial charge in [0.05, 0.1) is 53.2 Å². The first-order valence-corrected chi connectivity index (χ1v) is 20.0. The van der Waals surface area contributed by atoms with Gasteiger partial charge in [0.15, 0.2) is 5.11 Å². The van der Waals surface area contributed by atoms with Gasteiger partial charge in [0, 0.05) is 26.3 Å². The molecule has 1 aromatic carbocycles. The summed E-state index contributed by atoms with van der Waals surface area (Å²) in [5, 5.41) is 19.7. The van der Waals surface area contributed by atoms with E-state index in [0.29, 0.717) is 63.9 Å². The van der Waals surface area contributed by atoms with Crippen molar-refractivity contribution in [2.75, 3.05) is 42.6 Å². The van der Waals surface area contributed by atoms with Gasteiger partial charge in [-0.25, -0.2) is 19.9 Å². The maximum atomic E-state index is 9.16. The second-order valence-corrected chi connectivity index (χ2v) is 15.2. The number of unbranched alkanes of at least 4 members (excludes halogenated alkanes) is 3. The van der Waals surface area contributed by atoms with Gasteiger partial charge in [0.2, 0.25) is 0 Å². The van der Waals surface area contributed by atoms with Crippen molar-refractivity contribution in [3.05, 3.63) is 102 Å². The molecule has 0 saturated carbocycles. The first-order valence-electron chi connectivity index (χ1n) is 16.9. The van der Waals surface area contributed by atoms with Crippen LogP contribution in [0.2, 0.25) is 0 Å². The number of rotatable bonds is 10. The molecule has 0 unspecified atom stereocenters. The average Bonchev–Trinajstić information content (AvgIpc) is 3.16. The molecule has 1 aliphatic heterocycles. The lowest BCUT2D eigenvalue weighted by molar-refractivity contribution is 0.245. The first-order chi connectivity index (χ1) is 25.6. The highest BCUT2D eigenvalue weighted by atomic mass is 32.5. The number of pyridine rings is 4. The highest BCUT2D eigenvalue weighted by molar-refractivity contribution is 8.06. The third kappa shape index (κ3) is 11.0. The van der Waals surface area contributed by atoms with Gasteiger partial charge in [-0.2, -0.15) is 10.2 Å². The van der Waals surface area contributed by atoms with Crippen LogP contribution < -0.4 is 20.7 Å². The third-order valence-corrected chi connectivity index (χ3v) is 9.15. The molecule has 5 aromatic rings. The number of hydrogen-bond acceptors (Lipinski definition) is 11. The molecule has 0 amide bonds. The molecule has 4 aromatic heterocycles. The Labute approximate surface area is 318 Å². The molecule has 1 aliphatic rings. The molecule has 13 nitrogen and oxygen atoms in total. The number of nitrogens with zero attached hydrogens (tertiary/aromatic N) is 8. The van der Waals surface area contributed by atoms with Crippen molar-refractivity contribution in [1.29, 1.82) is 0 Å². The lowest BCUT2D eigenvalue weighted by Crippen LogP contribution is -2.29. The van der Waals surface area contributed by atoms with Crippen LogP contribution in [-0.2, 0) is 16.3 Å². The fourth-order valence-corrected chi connectivity index (χ4v) is 6.20. The van der Waals surface area contributed by atoms with E-state index >= 15 is 0 Å². The number of thiocarbonyl (C=S) groups is 1. The predicted molar refractivity (Wildman–Crippen MR) is 220 cm³/mol. The summed E-state index contributed by atoms with van der Waals surface area (Å²) in [6, 6.07) is 29.3. The van der Waals surface area contributed by atoms with Crippen LogP contribution in [0.3, 0.4) is 0 Å². The predicted octanol–water partition coefficient (Wildman–Crippen LogP) is 6.59. The van der Waals surface area contributed by atoms with Gasteiger partial charge in [-0.15, -0.1) is 0 Å². The summed E-state index contributed by atoms with van der Waals surface area (Å²) in [6.07, 6.45) is 6.81. The Bertz CT molecular complexity index is 2080. The summed E-state index contributed by atoms with van der Waals surface area (Å²) < 4.78 is 4.86. The topological polar surface area (TPSA) is 157 Å². The molecule has 0 saturated heterocycles. The molecule has 0 spiro atoms. The van der Waals surface area contributed by atoms with Crippen molar-refractivity contribution in [1.82, 2.24) is 25.3 Å². The van der Waals surface area contributed by atoms with Crippen LogP contribution in [0.1, 0.15) is 37.1 Å². The van der Waals surface area contributed by atoms with E-state index in [1.165, 1.54) is 0 Å². The Morgan fingerprint density at radius 3 is 1.89 bits per heavy atom. The maximum Gasteiger partial charge on any atom is 0.321 e. The van der Waals surface area contributed by atoms with Crippen LogP contribution >= 0.6 is 18.9 Å². The van der Waals surface area contributed by atoms with Crippen LogP contribution in [0, 0.1) is 0 Å². The fourth-order valence-electron chi connectivity index (χ4n) is 5.39. The second kappa shape index (κ2) is 17.7. The van der Waals surface area contributed by atoms with E-state index in [1.54, 1.807) is 22.4 Å². The van der Waals surface area contributed by atoms with E-state index in [0.717, 1.165) is 36.1 Å². The fraction of sp³-hybridized carbons (Fsp3) is 0.216. The van der Waals surface area contributed by atoms with Gasteiger partial charge in [-0.3, -0.25) is 10.0 Å². The highest BCUT2D eigenvalue weighted by Crippen LogP contribution is 2.36. The zero-order valence-electron chi connectivity index (χ0n) is 29.2. The molecule has 272 valence electrons. The molecule has 0 fully saturated rings. The molecule has 0 radical (unpaired) electrons. The van der Waals surface area contributed by atoms with Crippen LogP contribution in [0.25, 0.3) is 33.9 Å². The maximum absolute atomic E-state index is 9.16. The molecular formula is C37H39N10O3PS2. The van der Waals surface area contributed by atoms with Gasteiger partial charge in [0.1, 0.15) is 11.6 Å². The van der Waals surface area contributed by atoms with Crippen molar-refractivity contribution in [2.24, 2.45) is 10.2 Å². The smallest absolute Gasteiger partial charge is 0.321 e. The van der Waals surface area contributed by atoms with Gasteiger partial charge in [-0.05, 0) is 109 Å². The number of hydrogen-bond donors (Lipinski definition) is 4. The van der Waals surface area contributed by atoms with E-state index in [9.17, 15) is 0 Å². The molecule has 53 heavy (non-hydrogen) atoms. The zero-order valence-corrected chi connectivity index (χ0v) is 31.7. The van der Waals surface area contributed by atoms with E-state index in [2.05, 4.69) is 37.6 Å². The van der Waals surface area contributed by atoms with Gasteiger partial charge in [-0.1, -0.05) is 43.2 Å². The Kier molecular flexibility index (Phi) is 12.6. The summed E-state index contributed by atoms with van der Waals surface area (Å²) in [6.45, 7) is -2.64. The van der Waals surface area contributed by atoms with E-state index in [4.69, 9.17) is 41.5 Å². The molecular weight excluding hydrogens is 728 g/mol. The van der Waals surface area contributed by atoms with E-state index < -0.39 is 6.72 Å². The van der Waals surface area contributed by atoms with E-state index in [-0.39, 0.29) is 6.61 Å². The van der Waals surface area contributed by atoms with Gasteiger partial charge < -0.3 is 24.9 Å². The Morgan fingerprint density at radius 2 is 1.26 bits per heavy atom. The molecule has 5 heterocycles. The highest BCUT2D eigenvalue weighted by Gasteiger charge is 2.14. The minimum absolute atomic E-state index is 0.243. The van der Waals surface area contributed by atoms with E-state index in [1.807, 2.05) is 105 Å². The minimum atomic E-state index is -3.58. The molecule has 16 heteroatoms. The Morgan fingerprint density at radius 1 is 0.679 bits per heavy atom. The number of benzene rings is 1. The van der Waals surface area contributed by atoms with Gasteiger partial charge >= 0.3 is 6.72 Å². The SMILES string of the molecule is CN1N=Cc2cccc(n2)C=NN(C)c2cccc(n2)-c2cc(-c3cccc(NC(=S)NCCCCCCOP(O)(O)=S)c3)cc(n2)-c2cccc1n2. The number of fused-ring (bicyclic) bond motifs is 10. The minimum Gasteiger partial charge on any atom is -0.362 e. The van der Waals surface area contributed by atoms with Crippen LogP contribution in [0.15, 0.2) is 101 Å². The summed E-state index contributed by atoms with van der Waals surface area (Å²) >= 11 is 10.1. The summed E-state index contributed by atoms with van der Waals surface area (Å²) in [5.74, 6) is 1.28. The standard InChI is InChI=1S/C37H39N10O3PS2/c1-46-35-17-9-15-31(44-35)33-22-27(26-11-7-12-28(21-26)42-37(52)38-19-5-3-4-6-20-50-51(48,49)53)23-34(43-33)32-16-10-18-36(45-32)47(2)40-25-30-14-8-13-29(41-30)24-39-46/h7-18,21-25H,3-6,19-20H2,1-2H3,(H2,38,42,52)(H2,48,49,53). The van der Waals surface area contributed by atoms with Crippen molar-refractivity contribution in [3.63, 3.8) is 0 Å². The molecule has 6 rings (SSSR count). The zero-order chi connectivity index (χ0) is 37.2. The van der Waals surface area contributed by atoms with Crippen molar-refractivity contribution in [3.8, 4) is 33.9 Å². The number of aromatic nitrogens is 4. The second-order valence-electron chi connectivity index (χ2n) is 12.1.